The Morgan fingerprint density at radius 2 is 2.27 bits per heavy atom. The van der Waals surface area contributed by atoms with Gasteiger partial charge in [0.05, 0.1) is 19.3 Å². The van der Waals surface area contributed by atoms with Crippen LogP contribution in [0.5, 0.6) is 0 Å². The first-order valence-corrected chi connectivity index (χ1v) is 6.14. The molecule has 2 fully saturated rings. The molecule has 2 rings (SSSR count). The van der Waals surface area contributed by atoms with Gasteiger partial charge in [0.25, 0.3) is 0 Å². The summed E-state index contributed by atoms with van der Waals surface area (Å²) in [6.45, 7) is 7.96. The average molecular weight is 234 g/mol. The highest BCUT2D eigenvalue weighted by Gasteiger charge is 2.49. The van der Waals surface area contributed by atoms with Crippen molar-refractivity contribution in [1.82, 2.24) is 4.90 Å². The van der Waals surface area contributed by atoms with Crippen molar-refractivity contribution in [3.05, 3.63) is 0 Å². The van der Waals surface area contributed by atoms with E-state index in [2.05, 4.69) is 18.7 Å². The standard InChI is InChI=1S/C11H20ClNO2/c1-11(2)7-13(4-8(14)3-12)10-6-15-5-9(10)11/h8-10,14H,3-7H2,1-2H3. The lowest BCUT2D eigenvalue weighted by atomic mass is 9.80. The number of nitrogens with zero attached hydrogens (tertiary/aromatic N) is 1. The van der Waals surface area contributed by atoms with E-state index in [1.807, 2.05) is 0 Å². The van der Waals surface area contributed by atoms with Gasteiger partial charge in [0.2, 0.25) is 0 Å². The molecule has 0 bridgehead atoms. The number of aliphatic hydroxyl groups excluding tert-OH is 1. The summed E-state index contributed by atoms with van der Waals surface area (Å²) in [5, 5.41) is 9.59. The van der Waals surface area contributed by atoms with Gasteiger partial charge in [-0.05, 0) is 5.41 Å². The minimum atomic E-state index is -0.415. The van der Waals surface area contributed by atoms with Gasteiger partial charge in [-0.25, -0.2) is 0 Å². The number of ether oxygens (including phenoxy) is 1. The lowest BCUT2D eigenvalue weighted by Crippen LogP contribution is -2.39. The maximum absolute atomic E-state index is 9.59. The molecular formula is C11H20ClNO2. The Labute approximate surface area is 96.3 Å². The topological polar surface area (TPSA) is 32.7 Å². The van der Waals surface area contributed by atoms with Crippen LogP contribution < -0.4 is 0 Å². The fourth-order valence-corrected chi connectivity index (χ4v) is 3.02. The van der Waals surface area contributed by atoms with Crippen LogP contribution in [0.25, 0.3) is 0 Å². The van der Waals surface area contributed by atoms with Gasteiger partial charge in [-0.15, -0.1) is 11.6 Å². The van der Waals surface area contributed by atoms with Crippen molar-refractivity contribution in [3.8, 4) is 0 Å². The average Bonchev–Trinajstić information content (AvgIpc) is 2.71. The Bertz CT molecular complexity index is 235. The van der Waals surface area contributed by atoms with Gasteiger partial charge in [0, 0.05) is 30.9 Å². The predicted molar refractivity (Wildman–Crippen MR) is 60.2 cm³/mol. The number of rotatable bonds is 3. The lowest BCUT2D eigenvalue weighted by molar-refractivity contribution is 0.0885. The van der Waals surface area contributed by atoms with Gasteiger partial charge in [-0.1, -0.05) is 13.8 Å². The van der Waals surface area contributed by atoms with Crippen molar-refractivity contribution in [2.75, 3.05) is 32.2 Å². The minimum absolute atomic E-state index is 0.299. The second-order valence-corrected chi connectivity index (χ2v) is 5.75. The van der Waals surface area contributed by atoms with Crippen LogP contribution in [0.3, 0.4) is 0 Å². The smallest absolute Gasteiger partial charge is 0.0802 e. The van der Waals surface area contributed by atoms with Crippen molar-refractivity contribution in [2.45, 2.75) is 26.0 Å². The van der Waals surface area contributed by atoms with Crippen LogP contribution in [-0.4, -0.2) is 54.3 Å². The number of fused-ring (bicyclic) bond motifs is 1. The van der Waals surface area contributed by atoms with Crippen LogP contribution in [-0.2, 0) is 4.74 Å². The molecule has 88 valence electrons. The summed E-state index contributed by atoms with van der Waals surface area (Å²) in [6, 6.07) is 0.484. The summed E-state index contributed by atoms with van der Waals surface area (Å²) >= 11 is 5.64. The first kappa shape index (κ1) is 11.6. The van der Waals surface area contributed by atoms with Gasteiger partial charge >= 0.3 is 0 Å². The summed E-state index contributed by atoms with van der Waals surface area (Å²) < 4.78 is 5.54. The number of hydrogen-bond donors (Lipinski definition) is 1. The van der Waals surface area contributed by atoms with E-state index in [9.17, 15) is 5.11 Å². The Morgan fingerprint density at radius 3 is 2.93 bits per heavy atom. The fourth-order valence-electron chi connectivity index (χ4n) is 2.93. The molecule has 4 heteroatoms. The third kappa shape index (κ3) is 2.16. The summed E-state index contributed by atoms with van der Waals surface area (Å²) in [4.78, 5) is 2.34. The normalized spacial score (nSPS) is 36.8. The molecule has 0 amide bonds. The fraction of sp³-hybridized carbons (Fsp3) is 1.00. The molecule has 0 aliphatic carbocycles. The molecule has 3 nitrogen and oxygen atoms in total. The first-order valence-electron chi connectivity index (χ1n) is 5.60. The molecule has 0 aromatic heterocycles. The van der Waals surface area contributed by atoms with Gasteiger partial charge in [0.15, 0.2) is 0 Å². The Balaban J connectivity index is 2.02. The van der Waals surface area contributed by atoms with Crippen molar-refractivity contribution >= 4 is 11.6 Å². The molecule has 1 N–H and O–H groups in total. The summed E-state index contributed by atoms with van der Waals surface area (Å²) in [5.41, 5.74) is 0.299. The Hall–Kier alpha value is 0.170. The van der Waals surface area contributed by atoms with Crippen LogP contribution in [0.2, 0.25) is 0 Å². The van der Waals surface area contributed by atoms with Crippen LogP contribution in [0, 0.1) is 11.3 Å². The van der Waals surface area contributed by atoms with Gasteiger partial charge in [-0.3, -0.25) is 4.90 Å². The van der Waals surface area contributed by atoms with Crippen LogP contribution in [0.1, 0.15) is 13.8 Å². The van der Waals surface area contributed by atoms with E-state index >= 15 is 0 Å². The minimum Gasteiger partial charge on any atom is -0.391 e. The van der Waals surface area contributed by atoms with Crippen molar-refractivity contribution in [3.63, 3.8) is 0 Å². The van der Waals surface area contributed by atoms with E-state index in [1.54, 1.807) is 0 Å². The quantitative estimate of drug-likeness (QED) is 0.737. The van der Waals surface area contributed by atoms with Gasteiger partial charge in [0.1, 0.15) is 0 Å². The highest BCUT2D eigenvalue weighted by molar-refractivity contribution is 6.18. The van der Waals surface area contributed by atoms with E-state index in [4.69, 9.17) is 16.3 Å². The van der Waals surface area contributed by atoms with Crippen molar-refractivity contribution in [1.29, 1.82) is 0 Å². The van der Waals surface area contributed by atoms with E-state index in [1.165, 1.54) is 0 Å². The largest absolute Gasteiger partial charge is 0.391 e. The predicted octanol–water partition coefficient (Wildman–Crippen LogP) is 0.943. The molecule has 2 aliphatic rings. The maximum atomic E-state index is 9.59. The van der Waals surface area contributed by atoms with E-state index in [0.717, 1.165) is 19.8 Å². The molecular weight excluding hydrogens is 214 g/mol. The van der Waals surface area contributed by atoms with E-state index in [-0.39, 0.29) is 0 Å². The maximum Gasteiger partial charge on any atom is 0.0802 e. The molecule has 0 spiro atoms. The molecule has 3 unspecified atom stereocenters. The summed E-state index contributed by atoms with van der Waals surface area (Å²) in [7, 11) is 0. The molecule has 0 aromatic rings. The first-order chi connectivity index (χ1) is 7.04. The molecule has 2 saturated heterocycles. The molecule has 0 aromatic carbocycles. The third-order valence-electron chi connectivity index (χ3n) is 3.76. The van der Waals surface area contributed by atoms with Crippen molar-refractivity contribution < 1.29 is 9.84 Å². The molecule has 2 heterocycles. The second-order valence-electron chi connectivity index (χ2n) is 5.44. The van der Waals surface area contributed by atoms with E-state index < -0.39 is 6.10 Å². The zero-order valence-corrected chi connectivity index (χ0v) is 10.2. The highest BCUT2D eigenvalue weighted by atomic mass is 35.5. The van der Waals surface area contributed by atoms with Crippen LogP contribution >= 0.6 is 11.6 Å². The van der Waals surface area contributed by atoms with Crippen molar-refractivity contribution in [2.24, 2.45) is 11.3 Å². The SMILES string of the molecule is CC1(C)CN(CC(O)CCl)C2COCC21. The molecule has 15 heavy (non-hydrogen) atoms. The molecule has 0 radical (unpaired) electrons. The summed E-state index contributed by atoms with van der Waals surface area (Å²) in [5.74, 6) is 0.926. The highest BCUT2D eigenvalue weighted by Crippen LogP contribution is 2.42. The number of hydrogen-bond acceptors (Lipinski definition) is 3. The van der Waals surface area contributed by atoms with Crippen LogP contribution in [0.4, 0.5) is 0 Å². The lowest BCUT2D eigenvalue weighted by Gasteiger charge is -2.25. The van der Waals surface area contributed by atoms with Crippen LogP contribution in [0.15, 0.2) is 0 Å². The van der Waals surface area contributed by atoms with E-state index in [0.29, 0.717) is 29.8 Å². The number of β-amino-alcohol motifs (C(OH)–C–C–N with tert-alkyl or cyclic N) is 1. The summed E-state index contributed by atoms with van der Waals surface area (Å²) in [6.07, 6.45) is -0.415. The second kappa shape index (κ2) is 4.21. The zero-order valence-electron chi connectivity index (χ0n) is 9.45. The molecule has 3 atom stereocenters. The monoisotopic (exact) mass is 233 g/mol. The number of alkyl halides is 1. The molecule has 0 saturated carbocycles. The zero-order chi connectivity index (χ0) is 11.1. The van der Waals surface area contributed by atoms with Gasteiger partial charge < -0.3 is 9.84 Å². The van der Waals surface area contributed by atoms with Gasteiger partial charge in [-0.2, -0.15) is 0 Å². The number of likely N-dealkylation sites (tertiary alicyclic amines) is 1. The Kier molecular flexibility index (Phi) is 3.27. The Morgan fingerprint density at radius 1 is 1.53 bits per heavy atom. The third-order valence-corrected chi connectivity index (χ3v) is 4.11. The number of halogens is 1. The number of aliphatic hydroxyl groups is 1. The molecule has 2 aliphatic heterocycles.